The Kier molecular flexibility index (Phi) is 6.73. The van der Waals surface area contributed by atoms with Crippen molar-refractivity contribution < 1.29 is 22.3 Å². The first-order chi connectivity index (χ1) is 13.6. The lowest BCUT2D eigenvalue weighted by Gasteiger charge is -2.21. The summed E-state index contributed by atoms with van der Waals surface area (Å²) in [5, 5.41) is 0. The van der Waals surface area contributed by atoms with Crippen LogP contribution in [0, 0.1) is 0 Å². The van der Waals surface area contributed by atoms with Gasteiger partial charge in [0.2, 0.25) is 10.0 Å². The Morgan fingerprint density at radius 1 is 0.893 bits per heavy atom. The van der Waals surface area contributed by atoms with Crippen LogP contribution < -0.4 is 9.47 Å². The van der Waals surface area contributed by atoms with Crippen LogP contribution in [0.4, 0.5) is 0 Å². The van der Waals surface area contributed by atoms with E-state index in [2.05, 4.69) is 0 Å². The zero-order chi connectivity index (χ0) is 19.8. The number of nitrogens with zero attached hydrogens (tertiary/aromatic N) is 1. The van der Waals surface area contributed by atoms with Crippen LogP contribution in [0.15, 0.2) is 82.3 Å². The molecule has 0 radical (unpaired) electrons. The Labute approximate surface area is 165 Å². The molecule has 0 unspecified atom stereocenters. The lowest BCUT2D eigenvalue weighted by molar-refractivity contribution is 0.261. The summed E-state index contributed by atoms with van der Waals surface area (Å²) in [7, 11) is -3.73. The molecular weight excluding hydrogens is 378 g/mol. The zero-order valence-electron chi connectivity index (χ0n) is 15.7. The second kappa shape index (κ2) is 9.43. The second-order valence-electron chi connectivity index (χ2n) is 5.98. The molecule has 0 fully saturated rings. The molecule has 2 aromatic carbocycles. The topological polar surface area (TPSA) is 69.0 Å². The number of sulfonamides is 1. The number of furan rings is 1. The molecule has 0 aliphatic heterocycles. The van der Waals surface area contributed by atoms with Crippen LogP contribution in [-0.2, 0) is 16.6 Å². The van der Waals surface area contributed by atoms with Gasteiger partial charge >= 0.3 is 0 Å². The summed E-state index contributed by atoms with van der Waals surface area (Å²) in [6, 6.07) is 19.2. The molecule has 3 aromatic rings. The first-order valence-electron chi connectivity index (χ1n) is 9.03. The number of ether oxygens (including phenoxy) is 2. The minimum atomic E-state index is -3.73. The van der Waals surface area contributed by atoms with Gasteiger partial charge in [0, 0.05) is 6.54 Å². The van der Waals surface area contributed by atoms with Gasteiger partial charge in [0.1, 0.15) is 23.9 Å². The van der Waals surface area contributed by atoms with E-state index in [1.807, 2.05) is 37.3 Å². The van der Waals surface area contributed by atoms with Crippen LogP contribution in [0.5, 0.6) is 11.5 Å². The lowest BCUT2D eigenvalue weighted by atomic mass is 10.3. The van der Waals surface area contributed by atoms with Crippen LogP contribution in [0.2, 0.25) is 0 Å². The van der Waals surface area contributed by atoms with Gasteiger partial charge in [-0.15, -0.1) is 0 Å². The van der Waals surface area contributed by atoms with Crippen LogP contribution in [0.25, 0.3) is 0 Å². The van der Waals surface area contributed by atoms with Crippen molar-refractivity contribution >= 4 is 10.0 Å². The summed E-state index contributed by atoms with van der Waals surface area (Å²) in [6.07, 6.45) is 1.53. The van der Waals surface area contributed by atoms with Gasteiger partial charge in [-0.1, -0.05) is 18.2 Å². The maximum atomic E-state index is 13.2. The van der Waals surface area contributed by atoms with Crippen molar-refractivity contribution in [3.05, 3.63) is 78.8 Å². The summed E-state index contributed by atoms with van der Waals surface area (Å²) in [6.45, 7) is 2.93. The van der Waals surface area contributed by atoms with Crippen molar-refractivity contribution in [2.45, 2.75) is 18.4 Å². The molecule has 148 valence electrons. The number of benzene rings is 2. The molecule has 0 saturated carbocycles. The fourth-order valence-corrected chi connectivity index (χ4v) is 4.06. The summed E-state index contributed by atoms with van der Waals surface area (Å²) >= 11 is 0. The van der Waals surface area contributed by atoms with E-state index in [0.29, 0.717) is 23.9 Å². The molecule has 1 aromatic heterocycles. The highest BCUT2D eigenvalue weighted by Crippen LogP contribution is 2.22. The second-order valence-corrected chi connectivity index (χ2v) is 7.92. The van der Waals surface area contributed by atoms with Crippen molar-refractivity contribution in [3.63, 3.8) is 0 Å². The quantitative estimate of drug-likeness (QED) is 0.515. The molecule has 0 bridgehead atoms. The highest BCUT2D eigenvalue weighted by atomic mass is 32.2. The molecule has 0 spiro atoms. The van der Waals surface area contributed by atoms with E-state index in [9.17, 15) is 8.42 Å². The van der Waals surface area contributed by atoms with E-state index in [1.54, 1.807) is 36.4 Å². The molecule has 0 atom stereocenters. The van der Waals surface area contributed by atoms with Gasteiger partial charge in [0.05, 0.1) is 24.3 Å². The van der Waals surface area contributed by atoms with E-state index in [0.717, 1.165) is 0 Å². The molecule has 28 heavy (non-hydrogen) atoms. The smallest absolute Gasteiger partial charge is 0.243 e. The highest BCUT2D eigenvalue weighted by Gasteiger charge is 2.25. The van der Waals surface area contributed by atoms with Crippen LogP contribution >= 0.6 is 0 Å². The molecule has 3 rings (SSSR count). The van der Waals surface area contributed by atoms with Gasteiger partial charge in [-0.2, -0.15) is 4.31 Å². The Balaban J connectivity index is 1.76. The zero-order valence-corrected chi connectivity index (χ0v) is 16.5. The van der Waals surface area contributed by atoms with Crippen LogP contribution in [0.3, 0.4) is 0 Å². The number of hydrogen-bond donors (Lipinski definition) is 0. The molecule has 0 N–H and O–H groups in total. The van der Waals surface area contributed by atoms with Gasteiger partial charge in [0.15, 0.2) is 0 Å². The van der Waals surface area contributed by atoms with Crippen molar-refractivity contribution in [2.75, 3.05) is 19.8 Å². The summed E-state index contributed by atoms with van der Waals surface area (Å²) in [5.74, 6) is 1.89. The molecule has 1 heterocycles. The van der Waals surface area contributed by atoms with Gasteiger partial charge < -0.3 is 13.9 Å². The normalized spacial score (nSPS) is 11.5. The van der Waals surface area contributed by atoms with Gasteiger partial charge in [0.25, 0.3) is 0 Å². The third-order valence-electron chi connectivity index (χ3n) is 4.04. The van der Waals surface area contributed by atoms with E-state index in [4.69, 9.17) is 13.9 Å². The molecule has 0 saturated heterocycles. The Bertz CT molecular complexity index is 938. The number of hydrogen-bond acceptors (Lipinski definition) is 5. The predicted octanol–water partition coefficient (Wildman–Crippen LogP) is 3.95. The Morgan fingerprint density at radius 2 is 1.61 bits per heavy atom. The Morgan fingerprint density at radius 3 is 2.25 bits per heavy atom. The number of rotatable bonds is 10. The van der Waals surface area contributed by atoms with E-state index in [1.165, 1.54) is 10.6 Å². The van der Waals surface area contributed by atoms with E-state index >= 15 is 0 Å². The molecule has 7 heteroatoms. The molecular formula is C21H23NO5S. The fourth-order valence-electron chi connectivity index (χ4n) is 2.67. The van der Waals surface area contributed by atoms with Gasteiger partial charge in [-0.3, -0.25) is 0 Å². The maximum absolute atomic E-state index is 13.2. The average molecular weight is 401 g/mol. The first-order valence-corrected chi connectivity index (χ1v) is 10.5. The van der Waals surface area contributed by atoms with Gasteiger partial charge in [-0.05, 0) is 55.5 Å². The summed E-state index contributed by atoms with van der Waals surface area (Å²) in [5.41, 5.74) is 0. The first kappa shape index (κ1) is 20.0. The molecule has 0 aliphatic rings. The van der Waals surface area contributed by atoms with Gasteiger partial charge in [-0.25, -0.2) is 8.42 Å². The maximum Gasteiger partial charge on any atom is 0.243 e. The minimum absolute atomic E-state index is 0.126. The third kappa shape index (κ3) is 5.15. The highest BCUT2D eigenvalue weighted by molar-refractivity contribution is 7.89. The SMILES string of the molecule is CCOc1ccc(S(=O)(=O)N(CCOc2ccccc2)Cc2ccco2)cc1. The van der Waals surface area contributed by atoms with Crippen LogP contribution in [0.1, 0.15) is 12.7 Å². The predicted molar refractivity (Wildman–Crippen MR) is 106 cm³/mol. The summed E-state index contributed by atoms with van der Waals surface area (Å²) in [4.78, 5) is 0.197. The third-order valence-corrected chi connectivity index (χ3v) is 5.90. The number of para-hydroxylation sites is 1. The van der Waals surface area contributed by atoms with E-state index in [-0.39, 0.29) is 24.6 Å². The van der Waals surface area contributed by atoms with Crippen molar-refractivity contribution in [3.8, 4) is 11.5 Å². The standard InChI is InChI=1S/C21H23NO5S/c1-2-25-19-10-12-21(13-11-19)28(23,24)22(17-20-9-6-15-26-20)14-16-27-18-7-4-3-5-8-18/h3-13,15H,2,14,16-17H2,1H3. The molecule has 0 aliphatic carbocycles. The monoisotopic (exact) mass is 401 g/mol. The largest absolute Gasteiger partial charge is 0.494 e. The molecule has 6 nitrogen and oxygen atoms in total. The Hall–Kier alpha value is -2.77. The minimum Gasteiger partial charge on any atom is -0.494 e. The van der Waals surface area contributed by atoms with E-state index < -0.39 is 10.0 Å². The van der Waals surface area contributed by atoms with Crippen LogP contribution in [-0.4, -0.2) is 32.5 Å². The lowest BCUT2D eigenvalue weighted by Crippen LogP contribution is -2.34. The van der Waals surface area contributed by atoms with Crippen molar-refractivity contribution in [2.24, 2.45) is 0 Å². The summed E-state index contributed by atoms with van der Waals surface area (Å²) < 4.78 is 44.1. The van der Waals surface area contributed by atoms with Crippen molar-refractivity contribution in [1.82, 2.24) is 4.31 Å². The average Bonchev–Trinajstić information content (AvgIpc) is 3.22. The fraction of sp³-hybridized carbons (Fsp3) is 0.238. The molecule has 0 amide bonds. The van der Waals surface area contributed by atoms with Crippen molar-refractivity contribution in [1.29, 1.82) is 0 Å².